The monoisotopic (exact) mass is 328 g/mol. The third kappa shape index (κ3) is 3.10. The van der Waals surface area contributed by atoms with Crippen LogP contribution in [0.2, 0.25) is 5.02 Å². The van der Waals surface area contributed by atoms with E-state index in [1.807, 2.05) is 29.8 Å². The van der Waals surface area contributed by atoms with Crippen LogP contribution in [-0.4, -0.2) is 14.8 Å². The highest BCUT2D eigenvalue weighted by molar-refractivity contribution is 9.10. The molecular weight excluding hydrogens is 316 g/mol. The molecule has 0 aliphatic heterocycles. The molecule has 1 aromatic carbocycles. The normalized spacial score (nSPS) is 12.7. The highest BCUT2D eigenvalue weighted by Crippen LogP contribution is 2.24. The molecule has 0 radical (unpaired) electrons. The molecule has 1 heterocycles. The Labute approximate surface area is 119 Å². The summed E-state index contributed by atoms with van der Waals surface area (Å²) in [5.74, 6) is 0.890. The standard InChI is InChI=1S/C12H14BrClN4/c1-2-18-12(16-7-17-18)6-11(15)8-3-9(13)5-10(14)4-8/h3-5,7,11H,2,6,15H2,1H3. The molecule has 0 fully saturated rings. The largest absolute Gasteiger partial charge is 0.324 e. The van der Waals surface area contributed by atoms with Gasteiger partial charge in [-0.1, -0.05) is 27.5 Å². The van der Waals surface area contributed by atoms with Gasteiger partial charge >= 0.3 is 0 Å². The average Bonchev–Trinajstić information content (AvgIpc) is 2.75. The molecule has 1 atom stereocenters. The molecule has 0 bridgehead atoms. The van der Waals surface area contributed by atoms with Crippen LogP contribution in [0.3, 0.4) is 0 Å². The second kappa shape index (κ2) is 5.82. The van der Waals surface area contributed by atoms with Crippen molar-refractivity contribution in [2.24, 2.45) is 5.73 Å². The summed E-state index contributed by atoms with van der Waals surface area (Å²) in [6.07, 6.45) is 2.19. The van der Waals surface area contributed by atoms with E-state index < -0.39 is 0 Å². The van der Waals surface area contributed by atoms with Gasteiger partial charge in [-0.25, -0.2) is 4.98 Å². The first-order chi connectivity index (χ1) is 8.60. The van der Waals surface area contributed by atoms with E-state index in [1.165, 1.54) is 0 Å². The summed E-state index contributed by atoms with van der Waals surface area (Å²) < 4.78 is 2.77. The number of hydrogen-bond acceptors (Lipinski definition) is 3. The number of benzene rings is 1. The molecule has 0 saturated heterocycles. The summed E-state index contributed by atoms with van der Waals surface area (Å²) in [5.41, 5.74) is 7.17. The van der Waals surface area contributed by atoms with E-state index in [1.54, 1.807) is 6.33 Å². The molecule has 4 nitrogen and oxygen atoms in total. The van der Waals surface area contributed by atoms with Crippen molar-refractivity contribution in [3.05, 3.63) is 45.4 Å². The Morgan fingerprint density at radius 2 is 2.22 bits per heavy atom. The number of halogens is 2. The first-order valence-corrected chi connectivity index (χ1v) is 6.85. The molecule has 1 unspecified atom stereocenters. The third-order valence-corrected chi connectivity index (χ3v) is 3.39. The molecule has 0 saturated carbocycles. The van der Waals surface area contributed by atoms with Crippen LogP contribution in [0.15, 0.2) is 29.0 Å². The van der Waals surface area contributed by atoms with Gasteiger partial charge in [0.2, 0.25) is 0 Å². The second-order valence-electron chi connectivity index (χ2n) is 4.01. The Morgan fingerprint density at radius 1 is 1.44 bits per heavy atom. The Balaban J connectivity index is 2.19. The van der Waals surface area contributed by atoms with Crippen molar-refractivity contribution in [2.45, 2.75) is 25.9 Å². The molecule has 18 heavy (non-hydrogen) atoms. The molecule has 1 aromatic heterocycles. The predicted octanol–water partition coefficient (Wildman–Crippen LogP) is 2.96. The summed E-state index contributed by atoms with van der Waals surface area (Å²) in [6, 6.07) is 5.55. The van der Waals surface area contributed by atoms with Crippen molar-refractivity contribution in [3.8, 4) is 0 Å². The van der Waals surface area contributed by atoms with Crippen LogP contribution in [0.1, 0.15) is 24.4 Å². The zero-order chi connectivity index (χ0) is 13.1. The third-order valence-electron chi connectivity index (χ3n) is 2.71. The van der Waals surface area contributed by atoms with Gasteiger partial charge < -0.3 is 5.73 Å². The first kappa shape index (κ1) is 13.5. The molecular formula is C12H14BrClN4. The average molecular weight is 330 g/mol. The lowest BCUT2D eigenvalue weighted by atomic mass is 10.0. The van der Waals surface area contributed by atoms with Crippen molar-refractivity contribution in [2.75, 3.05) is 0 Å². The lowest BCUT2D eigenvalue weighted by Crippen LogP contribution is -2.17. The Hall–Kier alpha value is -0.910. The molecule has 6 heteroatoms. The van der Waals surface area contributed by atoms with Crippen LogP contribution >= 0.6 is 27.5 Å². The summed E-state index contributed by atoms with van der Waals surface area (Å²) in [7, 11) is 0. The molecule has 0 spiro atoms. The Bertz CT molecular complexity index is 520. The van der Waals surface area contributed by atoms with Crippen molar-refractivity contribution >= 4 is 27.5 Å². The second-order valence-corrected chi connectivity index (χ2v) is 5.36. The van der Waals surface area contributed by atoms with Gasteiger partial charge in [-0.3, -0.25) is 4.68 Å². The van der Waals surface area contributed by atoms with Crippen molar-refractivity contribution in [1.29, 1.82) is 0 Å². The van der Waals surface area contributed by atoms with Crippen LogP contribution in [0.4, 0.5) is 0 Å². The lowest BCUT2D eigenvalue weighted by molar-refractivity contribution is 0.581. The Morgan fingerprint density at radius 3 is 2.89 bits per heavy atom. The summed E-state index contributed by atoms with van der Waals surface area (Å²) in [6.45, 7) is 2.82. The van der Waals surface area contributed by atoms with Gasteiger partial charge in [-0.15, -0.1) is 0 Å². The van der Waals surface area contributed by atoms with Gasteiger partial charge in [0, 0.05) is 28.5 Å². The molecule has 2 aromatic rings. The van der Waals surface area contributed by atoms with E-state index >= 15 is 0 Å². The fraction of sp³-hybridized carbons (Fsp3) is 0.333. The van der Waals surface area contributed by atoms with Gasteiger partial charge in [0.15, 0.2) is 0 Å². The van der Waals surface area contributed by atoms with E-state index in [4.69, 9.17) is 17.3 Å². The summed E-state index contributed by atoms with van der Waals surface area (Å²) in [5, 5.41) is 4.80. The van der Waals surface area contributed by atoms with E-state index in [0.29, 0.717) is 11.4 Å². The molecule has 0 aliphatic rings. The smallest absolute Gasteiger partial charge is 0.138 e. The Kier molecular flexibility index (Phi) is 4.37. The van der Waals surface area contributed by atoms with Gasteiger partial charge in [0.05, 0.1) is 0 Å². The topological polar surface area (TPSA) is 56.7 Å². The molecule has 2 N–H and O–H groups in total. The van der Waals surface area contributed by atoms with Gasteiger partial charge in [-0.2, -0.15) is 5.10 Å². The van der Waals surface area contributed by atoms with Crippen LogP contribution in [0.5, 0.6) is 0 Å². The molecule has 0 amide bonds. The van der Waals surface area contributed by atoms with Crippen LogP contribution in [-0.2, 0) is 13.0 Å². The number of nitrogens with two attached hydrogens (primary N) is 1. The fourth-order valence-electron chi connectivity index (χ4n) is 1.81. The van der Waals surface area contributed by atoms with E-state index in [0.717, 1.165) is 22.4 Å². The number of nitrogens with zero attached hydrogens (tertiary/aromatic N) is 3. The van der Waals surface area contributed by atoms with Gasteiger partial charge in [-0.05, 0) is 30.7 Å². The van der Waals surface area contributed by atoms with Crippen molar-refractivity contribution in [1.82, 2.24) is 14.8 Å². The highest BCUT2D eigenvalue weighted by atomic mass is 79.9. The number of aromatic nitrogens is 3. The van der Waals surface area contributed by atoms with Gasteiger partial charge in [0.25, 0.3) is 0 Å². The zero-order valence-electron chi connectivity index (χ0n) is 9.98. The summed E-state index contributed by atoms with van der Waals surface area (Å²) in [4.78, 5) is 4.22. The minimum absolute atomic E-state index is 0.144. The maximum Gasteiger partial charge on any atom is 0.138 e. The molecule has 0 aliphatic carbocycles. The van der Waals surface area contributed by atoms with Gasteiger partial charge in [0.1, 0.15) is 12.2 Å². The maximum absolute atomic E-state index is 6.19. The van der Waals surface area contributed by atoms with E-state index in [-0.39, 0.29) is 6.04 Å². The minimum Gasteiger partial charge on any atom is -0.324 e. The molecule has 2 rings (SSSR count). The van der Waals surface area contributed by atoms with Crippen molar-refractivity contribution in [3.63, 3.8) is 0 Å². The van der Waals surface area contributed by atoms with E-state index in [9.17, 15) is 0 Å². The lowest BCUT2D eigenvalue weighted by Gasteiger charge is -2.13. The minimum atomic E-state index is -0.144. The maximum atomic E-state index is 6.19. The number of aryl methyl sites for hydroxylation is 1. The van der Waals surface area contributed by atoms with Crippen LogP contribution in [0.25, 0.3) is 0 Å². The SMILES string of the molecule is CCn1ncnc1CC(N)c1cc(Cl)cc(Br)c1. The highest BCUT2D eigenvalue weighted by Gasteiger charge is 2.12. The quantitative estimate of drug-likeness (QED) is 0.938. The number of hydrogen-bond donors (Lipinski definition) is 1. The molecule has 96 valence electrons. The predicted molar refractivity (Wildman–Crippen MR) is 75.5 cm³/mol. The van der Waals surface area contributed by atoms with Crippen molar-refractivity contribution < 1.29 is 0 Å². The first-order valence-electron chi connectivity index (χ1n) is 5.68. The summed E-state index contributed by atoms with van der Waals surface area (Å²) >= 11 is 9.43. The van der Waals surface area contributed by atoms with Crippen LogP contribution in [0, 0.1) is 0 Å². The fourth-order valence-corrected chi connectivity index (χ4v) is 2.70. The zero-order valence-corrected chi connectivity index (χ0v) is 12.3. The number of rotatable bonds is 4. The van der Waals surface area contributed by atoms with Crippen LogP contribution < -0.4 is 5.73 Å². The van der Waals surface area contributed by atoms with E-state index in [2.05, 4.69) is 26.0 Å².